The summed E-state index contributed by atoms with van der Waals surface area (Å²) in [4.78, 5) is 22.1. The summed E-state index contributed by atoms with van der Waals surface area (Å²) in [6.45, 7) is 0. The highest BCUT2D eigenvalue weighted by Crippen LogP contribution is 2.36. The van der Waals surface area contributed by atoms with Crippen LogP contribution < -0.4 is 5.32 Å². The van der Waals surface area contributed by atoms with E-state index in [4.69, 9.17) is 11.6 Å². The average Bonchev–Trinajstić information content (AvgIpc) is 3.08. The monoisotopic (exact) mass is 473 g/mol. The number of amides is 1. The van der Waals surface area contributed by atoms with E-state index in [2.05, 4.69) is 5.32 Å². The fourth-order valence-electron chi connectivity index (χ4n) is 2.95. The van der Waals surface area contributed by atoms with Gasteiger partial charge in [0.2, 0.25) is 5.91 Å². The van der Waals surface area contributed by atoms with Crippen LogP contribution in [0.5, 0.6) is 0 Å². The molecule has 0 saturated carbocycles. The first-order chi connectivity index (χ1) is 14.1. The van der Waals surface area contributed by atoms with Crippen molar-refractivity contribution >= 4 is 53.0 Å². The molecule has 0 spiro atoms. The molecule has 1 heterocycles. The number of fused-ring (bicyclic) bond motifs is 1. The molecule has 0 aliphatic rings. The molecule has 158 valence electrons. The molecule has 0 bridgehead atoms. The van der Waals surface area contributed by atoms with Crippen LogP contribution >= 0.6 is 31.0 Å². The lowest BCUT2D eigenvalue weighted by atomic mass is 9.99. The SMILES string of the molecule is O=C(N/C=C/c1cccc(C(F)(F)F)c1)C(C[PH](=O)O)c1csc2ccc(Cl)cc12. The van der Waals surface area contributed by atoms with E-state index >= 15 is 0 Å². The van der Waals surface area contributed by atoms with Crippen molar-refractivity contribution in [3.8, 4) is 0 Å². The number of carbonyl (C=O) groups excluding carboxylic acids is 1. The van der Waals surface area contributed by atoms with Crippen molar-refractivity contribution in [2.75, 3.05) is 6.16 Å². The number of thiophene rings is 1. The van der Waals surface area contributed by atoms with E-state index in [0.29, 0.717) is 10.6 Å². The molecule has 0 radical (unpaired) electrons. The second kappa shape index (κ2) is 9.35. The number of halogens is 4. The van der Waals surface area contributed by atoms with Crippen LogP contribution in [0.2, 0.25) is 5.02 Å². The van der Waals surface area contributed by atoms with Gasteiger partial charge in [0.15, 0.2) is 8.03 Å². The van der Waals surface area contributed by atoms with Gasteiger partial charge in [-0.3, -0.25) is 9.36 Å². The van der Waals surface area contributed by atoms with Crippen LogP contribution in [0.3, 0.4) is 0 Å². The number of carbonyl (C=O) groups is 1. The van der Waals surface area contributed by atoms with Crippen LogP contribution in [0.1, 0.15) is 22.6 Å². The van der Waals surface area contributed by atoms with Crippen LogP contribution in [0.25, 0.3) is 16.2 Å². The van der Waals surface area contributed by atoms with Gasteiger partial charge in [-0.15, -0.1) is 11.3 Å². The van der Waals surface area contributed by atoms with Crippen molar-refractivity contribution in [2.24, 2.45) is 0 Å². The van der Waals surface area contributed by atoms with Crippen LogP contribution in [-0.2, 0) is 15.5 Å². The van der Waals surface area contributed by atoms with E-state index in [1.54, 1.807) is 23.6 Å². The molecule has 3 rings (SSSR count). The van der Waals surface area contributed by atoms with Crippen LogP contribution in [0.15, 0.2) is 54.0 Å². The molecule has 2 atom stereocenters. The zero-order chi connectivity index (χ0) is 21.9. The Balaban J connectivity index is 1.82. The molecular formula is C20H16ClF3NO3PS. The van der Waals surface area contributed by atoms with Gasteiger partial charge in [0.1, 0.15) is 0 Å². The molecular weight excluding hydrogens is 458 g/mol. The normalized spacial score (nSPS) is 14.2. The summed E-state index contributed by atoms with van der Waals surface area (Å²) in [7, 11) is -2.97. The van der Waals surface area contributed by atoms with Crippen molar-refractivity contribution in [1.29, 1.82) is 0 Å². The first kappa shape index (κ1) is 22.6. The zero-order valence-electron chi connectivity index (χ0n) is 15.2. The van der Waals surface area contributed by atoms with E-state index in [0.717, 1.165) is 22.2 Å². The molecule has 2 N–H and O–H groups in total. The fraction of sp³-hybridized carbons (Fsp3) is 0.150. The summed E-state index contributed by atoms with van der Waals surface area (Å²) in [5.41, 5.74) is 0.0365. The van der Waals surface area contributed by atoms with Crippen molar-refractivity contribution in [3.63, 3.8) is 0 Å². The van der Waals surface area contributed by atoms with Gasteiger partial charge in [-0.25, -0.2) is 0 Å². The first-order valence-corrected chi connectivity index (χ1v) is 11.5. The number of benzene rings is 2. The minimum absolute atomic E-state index is 0.255. The number of hydrogen-bond acceptors (Lipinski definition) is 3. The van der Waals surface area contributed by atoms with Crippen LogP contribution in [-0.4, -0.2) is 17.0 Å². The Morgan fingerprint density at radius 3 is 2.73 bits per heavy atom. The van der Waals surface area contributed by atoms with Crippen LogP contribution in [0.4, 0.5) is 13.2 Å². The third-order valence-electron chi connectivity index (χ3n) is 4.35. The third kappa shape index (κ3) is 5.52. The van der Waals surface area contributed by atoms with Gasteiger partial charge in [-0.2, -0.15) is 13.2 Å². The van der Waals surface area contributed by atoms with E-state index in [-0.39, 0.29) is 11.7 Å². The quantitative estimate of drug-likeness (QED) is 0.437. The predicted molar refractivity (Wildman–Crippen MR) is 114 cm³/mol. The molecule has 4 nitrogen and oxygen atoms in total. The van der Waals surface area contributed by atoms with Crippen molar-refractivity contribution in [3.05, 3.63) is 75.8 Å². The maximum atomic E-state index is 12.8. The summed E-state index contributed by atoms with van der Waals surface area (Å²) in [6, 6.07) is 9.86. The highest BCUT2D eigenvalue weighted by molar-refractivity contribution is 7.38. The molecule has 0 aliphatic heterocycles. The highest BCUT2D eigenvalue weighted by Gasteiger charge is 2.30. The van der Waals surface area contributed by atoms with Gasteiger partial charge in [-0.1, -0.05) is 23.7 Å². The largest absolute Gasteiger partial charge is 0.416 e. The Hall–Kier alpha value is -2.12. The van der Waals surface area contributed by atoms with Gasteiger partial charge in [0.25, 0.3) is 0 Å². The summed E-state index contributed by atoms with van der Waals surface area (Å²) in [6.07, 6.45) is -2.17. The number of rotatable bonds is 6. The molecule has 30 heavy (non-hydrogen) atoms. The Bertz CT molecular complexity index is 1130. The maximum absolute atomic E-state index is 12.8. The second-order valence-corrected chi connectivity index (χ2v) is 8.99. The van der Waals surface area contributed by atoms with Gasteiger partial charge >= 0.3 is 6.18 Å². The summed E-state index contributed by atoms with van der Waals surface area (Å²) in [5.74, 6) is -1.44. The van der Waals surface area contributed by atoms with Gasteiger partial charge < -0.3 is 10.2 Å². The zero-order valence-corrected chi connectivity index (χ0v) is 17.8. The molecule has 0 aliphatic carbocycles. The van der Waals surface area contributed by atoms with Gasteiger partial charge in [0, 0.05) is 22.1 Å². The number of hydrogen-bond donors (Lipinski definition) is 2. The number of nitrogens with one attached hydrogen (secondary N) is 1. The lowest BCUT2D eigenvalue weighted by Gasteiger charge is -2.14. The van der Waals surface area contributed by atoms with E-state index in [9.17, 15) is 27.4 Å². The van der Waals surface area contributed by atoms with Crippen molar-refractivity contribution in [2.45, 2.75) is 12.1 Å². The Morgan fingerprint density at radius 2 is 2.03 bits per heavy atom. The lowest BCUT2D eigenvalue weighted by molar-refractivity contribution is -0.137. The molecule has 10 heteroatoms. The van der Waals surface area contributed by atoms with Crippen LogP contribution in [0, 0.1) is 0 Å². The van der Waals surface area contributed by atoms with Gasteiger partial charge in [-0.05, 0) is 58.3 Å². The standard InChI is InChI=1S/C20H16ClF3NO3PS/c21-14-4-5-18-15(9-14)17(11-30-18)16(10-29(27)28)19(26)25-7-6-12-2-1-3-13(8-12)20(22,23)24/h1-9,11,16,29H,10H2,(H,25,26)(H,27,28)/b7-6+. The first-order valence-electron chi connectivity index (χ1n) is 8.68. The Kier molecular flexibility index (Phi) is 7.03. The predicted octanol–water partition coefficient (Wildman–Crippen LogP) is 5.91. The molecule has 2 aromatic carbocycles. The molecule has 2 unspecified atom stereocenters. The van der Waals surface area contributed by atoms with E-state index in [1.165, 1.54) is 35.7 Å². The minimum atomic E-state index is -4.47. The average molecular weight is 474 g/mol. The lowest BCUT2D eigenvalue weighted by Crippen LogP contribution is -2.26. The van der Waals surface area contributed by atoms with E-state index < -0.39 is 31.6 Å². The third-order valence-corrected chi connectivity index (χ3v) is 6.33. The minimum Gasteiger partial charge on any atom is -0.346 e. The van der Waals surface area contributed by atoms with Crippen molar-refractivity contribution < 1.29 is 27.4 Å². The smallest absolute Gasteiger partial charge is 0.346 e. The Labute approximate surface area is 179 Å². The molecule has 1 aromatic heterocycles. The van der Waals surface area contributed by atoms with E-state index in [1.807, 2.05) is 0 Å². The summed E-state index contributed by atoms with van der Waals surface area (Å²) in [5, 5.41) is 5.44. The summed E-state index contributed by atoms with van der Waals surface area (Å²) < 4.78 is 50.8. The maximum Gasteiger partial charge on any atom is 0.416 e. The molecule has 1 amide bonds. The second-order valence-electron chi connectivity index (χ2n) is 6.45. The van der Waals surface area contributed by atoms with Gasteiger partial charge in [0.05, 0.1) is 11.5 Å². The molecule has 3 aromatic rings. The fourth-order valence-corrected chi connectivity index (χ4v) is 4.87. The van der Waals surface area contributed by atoms with Crippen molar-refractivity contribution in [1.82, 2.24) is 5.32 Å². The molecule has 0 saturated heterocycles. The molecule has 0 fully saturated rings. The topological polar surface area (TPSA) is 66.4 Å². The number of alkyl halides is 3. The highest BCUT2D eigenvalue weighted by atomic mass is 35.5. The summed E-state index contributed by atoms with van der Waals surface area (Å²) >= 11 is 7.43. The Morgan fingerprint density at radius 1 is 1.27 bits per heavy atom.